The largest absolute Gasteiger partial charge is 0.486 e. The van der Waals surface area contributed by atoms with E-state index in [9.17, 15) is 9.18 Å². The minimum atomic E-state index is -1.07. The number of nitrogens with one attached hydrogen (secondary N) is 1. The number of fused-ring (bicyclic) bond motifs is 1. The smallest absolute Gasteiger partial charge is 0.274 e. The van der Waals surface area contributed by atoms with Crippen LogP contribution < -0.4 is 15.8 Å². The number of halogens is 3. The predicted octanol–water partition coefficient (Wildman–Crippen LogP) is 5.84. The Hall–Kier alpha value is -3.72. The Labute approximate surface area is 212 Å². The molecule has 5 rings (SSSR count). The fraction of sp³-hybridized carbons (Fsp3) is 0.321. The highest BCUT2D eigenvalue weighted by Gasteiger charge is 2.29. The number of rotatable bonds is 4. The van der Waals surface area contributed by atoms with Crippen LogP contribution in [0.2, 0.25) is 0 Å². The van der Waals surface area contributed by atoms with Gasteiger partial charge in [0, 0.05) is 17.8 Å². The number of nitrogens with zero attached hydrogens (tertiary/aromatic N) is 2. The zero-order valence-corrected chi connectivity index (χ0v) is 20.5. The summed E-state index contributed by atoms with van der Waals surface area (Å²) < 4.78 is 50.5. The number of ether oxygens (including phenoxy) is 1. The van der Waals surface area contributed by atoms with Gasteiger partial charge in [0.1, 0.15) is 29.6 Å². The molecule has 1 aromatic carbocycles. The Balaban J connectivity index is 1.48. The van der Waals surface area contributed by atoms with E-state index in [1.807, 2.05) is 6.07 Å². The average Bonchev–Trinajstić information content (AvgIpc) is 2.85. The third-order valence-corrected chi connectivity index (χ3v) is 7.05. The number of anilines is 1. The van der Waals surface area contributed by atoms with E-state index >= 15 is 8.78 Å². The monoisotopic (exact) mass is 508 g/mol. The summed E-state index contributed by atoms with van der Waals surface area (Å²) in [5, 5.41) is 2.79. The van der Waals surface area contributed by atoms with E-state index in [4.69, 9.17) is 10.5 Å². The number of aromatic nitrogens is 2. The fourth-order valence-corrected chi connectivity index (χ4v) is 5.32. The molecule has 37 heavy (non-hydrogen) atoms. The van der Waals surface area contributed by atoms with Crippen molar-refractivity contribution < 1.29 is 22.7 Å². The van der Waals surface area contributed by atoms with E-state index in [0.29, 0.717) is 17.2 Å². The van der Waals surface area contributed by atoms with E-state index < -0.39 is 34.6 Å². The molecule has 2 aromatic heterocycles. The van der Waals surface area contributed by atoms with E-state index in [0.717, 1.165) is 37.0 Å². The zero-order valence-electron chi connectivity index (χ0n) is 20.5. The maximum Gasteiger partial charge on any atom is 0.274 e. The number of benzene rings is 1. The summed E-state index contributed by atoms with van der Waals surface area (Å²) >= 11 is 0. The summed E-state index contributed by atoms with van der Waals surface area (Å²) in [6, 6.07) is 5.14. The lowest BCUT2D eigenvalue weighted by atomic mass is 9.76. The van der Waals surface area contributed by atoms with Crippen molar-refractivity contribution in [1.82, 2.24) is 9.97 Å². The molecular weight excluding hydrogens is 481 g/mol. The molecule has 1 amide bonds. The van der Waals surface area contributed by atoms with Crippen LogP contribution in [0.5, 0.6) is 5.75 Å². The highest BCUT2D eigenvalue weighted by Crippen LogP contribution is 2.40. The summed E-state index contributed by atoms with van der Waals surface area (Å²) in [5.74, 6) is -3.28. The predicted molar refractivity (Wildman–Crippen MR) is 135 cm³/mol. The first kappa shape index (κ1) is 25.0. The van der Waals surface area contributed by atoms with Crippen LogP contribution in [0.15, 0.2) is 42.7 Å². The minimum absolute atomic E-state index is 0.0662. The van der Waals surface area contributed by atoms with Crippen molar-refractivity contribution in [2.75, 3.05) is 11.9 Å². The molecule has 0 spiro atoms. The molecular formula is C28H27F3N4O2. The van der Waals surface area contributed by atoms with Crippen molar-refractivity contribution in [2.45, 2.75) is 45.1 Å². The first-order valence-corrected chi connectivity index (χ1v) is 12.2. The van der Waals surface area contributed by atoms with Gasteiger partial charge in [-0.1, -0.05) is 6.92 Å². The van der Waals surface area contributed by atoms with Gasteiger partial charge in [-0.3, -0.25) is 9.78 Å². The van der Waals surface area contributed by atoms with Gasteiger partial charge in [0.25, 0.3) is 5.91 Å². The highest BCUT2D eigenvalue weighted by atomic mass is 19.1. The Bertz CT molecular complexity index is 1400. The van der Waals surface area contributed by atoms with Crippen LogP contribution in [-0.4, -0.2) is 28.5 Å². The molecule has 3 N–H and O–H groups in total. The summed E-state index contributed by atoms with van der Waals surface area (Å²) in [5.41, 5.74) is 7.03. The second kappa shape index (κ2) is 9.97. The summed E-state index contributed by atoms with van der Waals surface area (Å²) in [6.45, 7) is 3.96. The molecule has 0 radical (unpaired) electrons. The molecule has 192 valence electrons. The number of hydrogen-bond acceptors (Lipinski definition) is 5. The number of allylic oxidation sites excluding steroid dienone is 1. The maximum atomic E-state index is 15.3. The molecule has 3 heterocycles. The Morgan fingerprint density at radius 2 is 1.95 bits per heavy atom. The normalized spacial score (nSPS) is 21.0. The number of carbonyl (C=O) groups excluding carboxylic acids is 1. The first-order valence-electron chi connectivity index (χ1n) is 12.2. The highest BCUT2D eigenvalue weighted by molar-refractivity contribution is 6.03. The van der Waals surface area contributed by atoms with Gasteiger partial charge in [-0.15, -0.1) is 0 Å². The fourth-order valence-electron chi connectivity index (χ4n) is 5.32. The molecule has 9 heteroatoms. The number of amides is 1. The van der Waals surface area contributed by atoms with Gasteiger partial charge in [-0.25, -0.2) is 18.2 Å². The zero-order chi connectivity index (χ0) is 26.3. The van der Waals surface area contributed by atoms with Crippen LogP contribution in [-0.2, 0) is 0 Å². The number of pyridine rings is 2. The third kappa shape index (κ3) is 4.83. The maximum absolute atomic E-state index is 15.3. The molecule has 3 atom stereocenters. The lowest BCUT2D eigenvalue weighted by molar-refractivity contribution is 0.102. The molecule has 0 bridgehead atoms. The van der Waals surface area contributed by atoms with Crippen molar-refractivity contribution in [3.63, 3.8) is 0 Å². The third-order valence-electron chi connectivity index (χ3n) is 7.05. The molecule has 6 nitrogen and oxygen atoms in total. The van der Waals surface area contributed by atoms with Gasteiger partial charge in [0.2, 0.25) is 0 Å². The van der Waals surface area contributed by atoms with Crippen LogP contribution >= 0.6 is 0 Å². The minimum Gasteiger partial charge on any atom is -0.486 e. The van der Waals surface area contributed by atoms with Crippen LogP contribution in [0.1, 0.15) is 60.6 Å². The SMILES string of the molecule is CC1=CCOc2c1cc(F)c(-c1nc(C(=O)Nc3cnccc3C3CC(C)CC(N)C3)ccc1F)c2F. The van der Waals surface area contributed by atoms with Gasteiger partial charge in [0.05, 0.1) is 17.4 Å². The molecule has 1 aliphatic carbocycles. The Morgan fingerprint density at radius 3 is 2.73 bits per heavy atom. The van der Waals surface area contributed by atoms with Gasteiger partial charge in [0.15, 0.2) is 11.6 Å². The number of nitrogens with two attached hydrogens (primary N) is 1. The van der Waals surface area contributed by atoms with Crippen molar-refractivity contribution in [3.8, 4) is 17.0 Å². The molecule has 1 fully saturated rings. The average molecular weight is 509 g/mol. The topological polar surface area (TPSA) is 90.1 Å². The summed E-state index contributed by atoms with van der Waals surface area (Å²) in [4.78, 5) is 21.3. The molecule has 0 saturated heterocycles. The summed E-state index contributed by atoms with van der Waals surface area (Å²) in [7, 11) is 0. The van der Waals surface area contributed by atoms with Gasteiger partial charge in [-0.05, 0) is 79.5 Å². The quantitative estimate of drug-likeness (QED) is 0.462. The van der Waals surface area contributed by atoms with Crippen molar-refractivity contribution in [1.29, 1.82) is 0 Å². The second-order valence-electron chi connectivity index (χ2n) is 9.84. The first-order chi connectivity index (χ1) is 17.7. The van der Waals surface area contributed by atoms with E-state index in [1.165, 1.54) is 6.07 Å². The van der Waals surface area contributed by atoms with Crippen LogP contribution in [0, 0.1) is 23.4 Å². The molecule has 1 saturated carbocycles. The van der Waals surface area contributed by atoms with E-state index in [-0.39, 0.29) is 35.6 Å². The Kier molecular flexibility index (Phi) is 6.72. The molecule has 3 aromatic rings. The molecule has 2 aliphatic rings. The van der Waals surface area contributed by atoms with Crippen molar-refractivity contribution >= 4 is 17.2 Å². The van der Waals surface area contributed by atoms with Crippen LogP contribution in [0.25, 0.3) is 16.8 Å². The van der Waals surface area contributed by atoms with E-state index in [2.05, 4.69) is 22.2 Å². The lowest BCUT2D eigenvalue weighted by Crippen LogP contribution is -2.31. The standard InChI is InChI=1S/C28H27F3N4O2/c1-14-9-16(11-17(32)10-14)18-5-7-33-13-23(18)35-28(36)22-4-3-20(29)26(34-22)24-21(30)12-19-15(2)6-8-37-27(19)25(24)31/h3-7,12-14,16-17H,8-11,32H2,1-2H3,(H,35,36). The molecule has 3 unspecified atom stereocenters. The lowest BCUT2D eigenvalue weighted by Gasteiger charge is -2.32. The number of hydrogen-bond donors (Lipinski definition) is 2. The second-order valence-corrected chi connectivity index (χ2v) is 9.84. The van der Waals surface area contributed by atoms with E-state index in [1.54, 1.807) is 25.4 Å². The van der Waals surface area contributed by atoms with Crippen molar-refractivity contribution in [2.24, 2.45) is 11.7 Å². The van der Waals surface area contributed by atoms with Crippen molar-refractivity contribution in [3.05, 3.63) is 77.0 Å². The van der Waals surface area contributed by atoms with Gasteiger partial charge < -0.3 is 15.8 Å². The molecule has 1 aliphatic heterocycles. The van der Waals surface area contributed by atoms with Crippen LogP contribution in [0.3, 0.4) is 0 Å². The summed E-state index contributed by atoms with van der Waals surface area (Å²) in [6.07, 6.45) is 7.54. The van der Waals surface area contributed by atoms with Crippen LogP contribution in [0.4, 0.5) is 18.9 Å². The van der Waals surface area contributed by atoms with Gasteiger partial charge in [-0.2, -0.15) is 0 Å². The number of carbonyl (C=O) groups is 1. The van der Waals surface area contributed by atoms with Gasteiger partial charge >= 0.3 is 0 Å². The Morgan fingerprint density at radius 1 is 1.14 bits per heavy atom.